The van der Waals surface area contributed by atoms with Crippen LogP contribution in [0.15, 0.2) is 28.4 Å². The summed E-state index contributed by atoms with van der Waals surface area (Å²) in [6, 6.07) is 3.57. The fourth-order valence-electron chi connectivity index (χ4n) is 1.55. The molecule has 0 bridgehead atoms. The number of nitrogens with two attached hydrogens (primary N) is 1. The van der Waals surface area contributed by atoms with Crippen molar-refractivity contribution in [2.24, 2.45) is 5.73 Å². The van der Waals surface area contributed by atoms with Gasteiger partial charge in [-0.1, -0.05) is 0 Å². The SMILES string of the molecule is Cc1ccc(C(N)C2=CCCCO2)o1. The first kappa shape index (κ1) is 9.34. The van der Waals surface area contributed by atoms with E-state index in [2.05, 4.69) is 0 Å². The molecular weight excluding hydrogens is 178 g/mol. The van der Waals surface area contributed by atoms with Crippen molar-refractivity contribution in [1.29, 1.82) is 0 Å². The molecule has 0 amide bonds. The summed E-state index contributed by atoms with van der Waals surface area (Å²) in [6.07, 6.45) is 4.17. The van der Waals surface area contributed by atoms with Crippen molar-refractivity contribution in [2.45, 2.75) is 25.8 Å². The number of allylic oxidation sites excluding steroid dienone is 1. The third-order valence-corrected chi connectivity index (χ3v) is 2.34. The third-order valence-electron chi connectivity index (χ3n) is 2.34. The normalized spacial score (nSPS) is 18.6. The summed E-state index contributed by atoms with van der Waals surface area (Å²) in [4.78, 5) is 0. The van der Waals surface area contributed by atoms with Crippen molar-refractivity contribution in [2.75, 3.05) is 6.61 Å². The van der Waals surface area contributed by atoms with Crippen LogP contribution >= 0.6 is 0 Å². The number of hydrogen-bond donors (Lipinski definition) is 1. The molecule has 0 radical (unpaired) electrons. The van der Waals surface area contributed by atoms with Gasteiger partial charge in [-0.3, -0.25) is 0 Å². The number of rotatable bonds is 2. The maximum atomic E-state index is 6.00. The lowest BCUT2D eigenvalue weighted by Crippen LogP contribution is -2.17. The molecule has 1 atom stereocenters. The number of aryl methyl sites for hydroxylation is 1. The molecule has 1 aromatic heterocycles. The average Bonchev–Trinajstić information content (AvgIpc) is 2.65. The van der Waals surface area contributed by atoms with Crippen LogP contribution < -0.4 is 5.73 Å². The van der Waals surface area contributed by atoms with Gasteiger partial charge in [0.05, 0.1) is 6.61 Å². The summed E-state index contributed by atoms with van der Waals surface area (Å²) < 4.78 is 10.9. The van der Waals surface area contributed by atoms with Crippen LogP contribution in [0.1, 0.15) is 30.4 Å². The Morgan fingerprint density at radius 2 is 2.29 bits per heavy atom. The van der Waals surface area contributed by atoms with Gasteiger partial charge in [-0.15, -0.1) is 0 Å². The van der Waals surface area contributed by atoms with Crippen LogP contribution in [0.3, 0.4) is 0 Å². The fraction of sp³-hybridized carbons (Fsp3) is 0.455. The van der Waals surface area contributed by atoms with Gasteiger partial charge in [0.2, 0.25) is 0 Å². The zero-order valence-corrected chi connectivity index (χ0v) is 8.32. The average molecular weight is 193 g/mol. The number of ether oxygens (including phenoxy) is 1. The molecule has 14 heavy (non-hydrogen) atoms. The molecule has 0 fully saturated rings. The van der Waals surface area contributed by atoms with Crippen molar-refractivity contribution in [1.82, 2.24) is 0 Å². The Labute approximate surface area is 83.5 Å². The van der Waals surface area contributed by atoms with Crippen LogP contribution in [0.2, 0.25) is 0 Å². The molecule has 0 spiro atoms. The van der Waals surface area contributed by atoms with Crippen molar-refractivity contribution < 1.29 is 9.15 Å². The van der Waals surface area contributed by atoms with Crippen molar-refractivity contribution in [3.05, 3.63) is 35.5 Å². The predicted octanol–water partition coefficient (Wildman–Crippen LogP) is 2.28. The predicted molar refractivity (Wildman–Crippen MR) is 53.6 cm³/mol. The van der Waals surface area contributed by atoms with E-state index in [1.807, 2.05) is 25.1 Å². The molecule has 2 rings (SSSR count). The molecule has 0 saturated heterocycles. The van der Waals surface area contributed by atoms with Crippen LogP contribution in [0.4, 0.5) is 0 Å². The first-order valence-corrected chi connectivity index (χ1v) is 4.92. The van der Waals surface area contributed by atoms with Crippen molar-refractivity contribution in [3.8, 4) is 0 Å². The van der Waals surface area contributed by atoms with Crippen molar-refractivity contribution >= 4 is 0 Å². The van der Waals surface area contributed by atoms with Gasteiger partial charge < -0.3 is 14.9 Å². The maximum Gasteiger partial charge on any atom is 0.128 e. The Kier molecular flexibility index (Phi) is 2.59. The molecule has 2 N–H and O–H groups in total. The minimum atomic E-state index is -0.246. The lowest BCUT2D eigenvalue weighted by molar-refractivity contribution is 0.170. The fourth-order valence-corrected chi connectivity index (χ4v) is 1.55. The Balaban J connectivity index is 2.14. The van der Waals surface area contributed by atoms with Crippen LogP contribution in [0.5, 0.6) is 0 Å². The summed E-state index contributed by atoms with van der Waals surface area (Å²) in [6.45, 7) is 2.67. The van der Waals surface area contributed by atoms with E-state index in [0.717, 1.165) is 36.7 Å². The van der Waals surface area contributed by atoms with E-state index in [1.165, 1.54) is 0 Å². The summed E-state index contributed by atoms with van der Waals surface area (Å²) in [5, 5.41) is 0. The number of hydrogen-bond acceptors (Lipinski definition) is 3. The van der Waals surface area contributed by atoms with Crippen LogP contribution in [-0.4, -0.2) is 6.61 Å². The van der Waals surface area contributed by atoms with Gasteiger partial charge in [-0.2, -0.15) is 0 Å². The first-order valence-electron chi connectivity index (χ1n) is 4.92. The van der Waals surface area contributed by atoms with E-state index >= 15 is 0 Å². The zero-order valence-electron chi connectivity index (χ0n) is 8.32. The van der Waals surface area contributed by atoms with E-state index in [1.54, 1.807) is 0 Å². The minimum absolute atomic E-state index is 0.246. The van der Waals surface area contributed by atoms with Crippen LogP contribution in [0, 0.1) is 6.92 Å². The largest absolute Gasteiger partial charge is 0.496 e. The summed E-state index contributed by atoms with van der Waals surface area (Å²) in [5.41, 5.74) is 6.00. The van der Waals surface area contributed by atoms with E-state index in [4.69, 9.17) is 14.9 Å². The Morgan fingerprint density at radius 1 is 1.43 bits per heavy atom. The summed E-state index contributed by atoms with van der Waals surface area (Å²) in [5.74, 6) is 2.49. The van der Waals surface area contributed by atoms with Crippen molar-refractivity contribution in [3.63, 3.8) is 0 Å². The minimum Gasteiger partial charge on any atom is -0.496 e. The van der Waals surface area contributed by atoms with Gasteiger partial charge in [0.25, 0.3) is 0 Å². The van der Waals surface area contributed by atoms with Crippen LogP contribution in [-0.2, 0) is 4.74 Å². The van der Waals surface area contributed by atoms with Gasteiger partial charge in [0, 0.05) is 0 Å². The number of furan rings is 1. The monoisotopic (exact) mass is 193 g/mol. The standard InChI is InChI=1S/C11H15NO2/c1-8-5-6-10(14-8)11(12)9-4-2-3-7-13-9/h4-6,11H,2-3,7,12H2,1H3. The second kappa shape index (κ2) is 3.88. The highest BCUT2D eigenvalue weighted by Crippen LogP contribution is 2.24. The molecule has 0 aliphatic carbocycles. The Hall–Kier alpha value is -1.22. The van der Waals surface area contributed by atoms with Gasteiger partial charge in [0.15, 0.2) is 0 Å². The molecular formula is C11H15NO2. The quantitative estimate of drug-likeness (QED) is 0.783. The molecule has 3 heteroatoms. The highest BCUT2D eigenvalue weighted by molar-refractivity contribution is 5.18. The molecule has 1 aliphatic rings. The summed E-state index contributed by atoms with van der Waals surface area (Å²) in [7, 11) is 0. The summed E-state index contributed by atoms with van der Waals surface area (Å²) >= 11 is 0. The molecule has 1 aromatic rings. The lowest BCUT2D eigenvalue weighted by atomic mass is 10.1. The zero-order chi connectivity index (χ0) is 9.97. The third kappa shape index (κ3) is 1.82. The van der Waals surface area contributed by atoms with Gasteiger partial charge in [0.1, 0.15) is 23.3 Å². The Bertz CT molecular complexity index is 341. The van der Waals surface area contributed by atoms with E-state index < -0.39 is 0 Å². The Morgan fingerprint density at radius 3 is 2.86 bits per heavy atom. The van der Waals surface area contributed by atoms with E-state index in [9.17, 15) is 0 Å². The highest BCUT2D eigenvalue weighted by Gasteiger charge is 2.18. The van der Waals surface area contributed by atoms with E-state index in [-0.39, 0.29) is 6.04 Å². The van der Waals surface area contributed by atoms with Crippen LogP contribution in [0.25, 0.3) is 0 Å². The molecule has 1 aliphatic heterocycles. The molecule has 2 heterocycles. The van der Waals surface area contributed by atoms with E-state index in [0.29, 0.717) is 0 Å². The molecule has 0 saturated carbocycles. The smallest absolute Gasteiger partial charge is 0.128 e. The first-order chi connectivity index (χ1) is 6.77. The topological polar surface area (TPSA) is 48.4 Å². The second-order valence-electron chi connectivity index (χ2n) is 3.52. The van der Waals surface area contributed by atoms with Gasteiger partial charge >= 0.3 is 0 Å². The second-order valence-corrected chi connectivity index (χ2v) is 3.52. The molecule has 0 aromatic carbocycles. The maximum absolute atomic E-state index is 6.00. The molecule has 1 unspecified atom stereocenters. The highest BCUT2D eigenvalue weighted by atomic mass is 16.5. The molecule has 76 valence electrons. The van der Waals surface area contributed by atoms with Gasteiger partial charge in [-0.25, -0.2) is 0 Å². The van der Waals surface area contributed by atoms with Gasteiger partial charge in [-0.05, 0) is 38.0 Å². The lowest BCUT2D eigenvalue weighted by Gasteiger charge is -2.18. The molecule has 3 nitrogen and oxygen atoms in total.